The number of nitrogens with two attached hydrogens (primary N) is 1. The molecule has 15 heavy (non-hydrogen) atoms. The number of rotatable bonds is 5. The van der Waals surface area contributed by atoms with E-state index in [0.29, 0.717) is 13.0 Å². The van der Waals surface area contributed by atoms with Crippen LogP contribution in [0.25, 0.3) is 0 Å². The van der Waals surface area contributed by atoms with E-state index in [1.165, 1.54) is 0 Å². The van der Waals surface area contributed by atoms with Crippen molar-refractivity contribution in [3.63, 3.8) is 0 Å². The van der Waals surface area contributed by atoms with Gasteiger partial charge in [-0.3, -0.25) is 0 Å². The van der Waals surface area contributed by atoms with Gasteiger partial charge in [-0.2, -0.15) is 0 Å². The Hall–Kier alpha value is -1.06. The lowest BCUT2D eigenvalue weighted by Gasteiger charge is -2.10. The normalized spacial score (nSPS) is 14.7. The van der Waals surface area contributed by atoms with Crippen LogP contribution in [0.4, 0.5) is 0 Å². The standard InChI is InChI=1S/C12H19NO2/c1-9(14)6-7-15-12-5-3-4-11(8-12)10(2)13/h3-5,8-10,14H,6-7,13H2,1-2H3/t9?,10-/m1/s1. The van der Waals surface area contributed by atoms with Crippen LogP contribution in [0.1, 0.15) is 31.9 Å². The minimum absolute atomic E-state index is 0.0188. The summed E-state index contributed by atoms with van der Waals surface area (Å²) in [6.07, 6.45) is 0.323. The minimum atomic E-state index is -0.318. The maximum atomic E-state index is 9.07. The van der Waals surface area contributed by atoms with E-state index >= 15 is 0 Å². The molecular weight excluding hydrogens is 190 g/mol. The van der Waals surface area contributed by atoms with E-state index in [2.05, 4.69) is 0 Å². The van der Waals surface area contributed by atoms with E-state index in [9.17, 15) is 0 Å². The predicted molar refractivity (Wildman–Crippen MR) is 60.8 cm³/mol. The topological polar surface area (TPSA) is 55.5 Å². The molecule has 0 bridgehead atoms. The fourth-order valence-corrected chi connectivity index (χ4v) is 1.23. The van der Waals surface area contributed by atoms with Crippen molar-refractivity contribution in [2.75, 3.05) is 6.61 Å². The van der Waals surface area contributed by atoms with Crippen molar-refractivity contribution in [2.45, 2.75) is 32.4 Å². The van der Waals surface area contributed by atoms with Gasteiger partial charge in [0.25, 0.3) is 0 Å². The number of hydrogen-bond acceptors (Lipinski definition) is 3. The van der Waals surface area contributed by atoms with Crippen LogP contribution in [0.3, 0.4) is 0 Å². The van der Waals surface area contributed by atoms with Crippen LogP contribution in [-0.2, 0) is 0 Å². The summed E-state index contributed by atoms with van der Waals surface area (Å²) in [5.41, 5.74) is 6.82. The highest BCUT2D eigenvalue weighted by Gasteiger charge is 2.01. The van der Waals surface area contributed by atoms with Gasteiger partial charge in [0, 0.05) is 12.5 Å². The first-order chi connectivity index (χ1) is 7.09. The predicted octanol–water partition coefficient (Wildman–Crippen LogP) is 1.86. The zero-order chi connectivity index (χ0) is 11.3. The maximum absolute atomic E-state index is 9.07. The third-order valence-corrected chi connectivity index (χ3v) is 2.19. The van der Waals surface area contributed by atoms with Gasteiger partial charge in [-0.25, -0.2) is 0 Å². The SMILES string of the molecule is CC(O)CCOc1cccc([C@@H](C)N)c1. The molecule has 2 atom stereocenters. The fourth-order valence-electron chi connectivity index (χ4n) is 1.23. The Bertz CT molecular complexity index is 297. The molecule has 3 nitrogen and oxygen atoms in total. The minimum Gasteiger partial charge on any atom is -0.493 e. The lowest BCUT2D eigenvalue weighted by molar-refractivity contribution is 0.155. The molecule has 0 aliphatic rings. The third kappa shape index (κ3) is 4.32. The number of hydrogen-bond donors (Lipinski definition) is 2. The van der Waals surface area contributed by atoms with E-state index in [1.54, 1.807) is 6.92 Å². The smallest absolute Gasteiger partial charge is 0.119 e. The Morgan fingerprint density at radius 3 is 2.73 bits per heavy atom. The molecule has 1 aromatic rings. The van der Waals surface area contributed by atoms with Crippen LogP contribution >= 0.6 is 0 Å². The summed E-state index contributed by atoms with van der Waals surface area (Å²) in [6.45, 7) is 4.22. The van der Waals surface area contributed by atoms with Crippen molar-refractivity contribution in [2.24, 2.45) is 5.73 Å². The second-order valence-electron chi connectivity index (χ2n) is 3.85. The van der Waals surface area contributed by atoms with Crippen LogP contribution in [-0.4, -0.2) is 17.8 Å². The summed E-state index contributed by atoms with van der Waals surface area (Å²) >= 11 is 0. The molecule has 0 amide bonds. The molecule has 0 saturated carbocycles. The molecule has 0 aliphatic heterocycles. The Labute approximate surface area is 90.9 Å². The number of ether oxygens (including phenoxy) is 1. The van der Waals surface area contributed by atoms with E-state index < -0.39 is 0 Å². The zero-order valence-electron chi connectivity index (χ0n) is 9.31. The zero-order valence-corrected chi connectivity index (χ0v) is 9.31. The third-order valence-electron chi connectivity index (χ3n) is 2.19. The number of benzene rings is 1. The molecule has 0 aliphatic carbocycles. The number of aliphatic hydroxyl groups excluding tert-OH is 1. The first kappa shape index (κ1) is 12.0. The van der Waals surface area contributed by atoms with Crippen molar-refractivity contribution in [1.29, 1.82) is 0 Å². The van der Waals surface area contributed by atoms with E-state index in [0.717, 1.165) is 11.3 Å². The largest absolute Gasteiger partial charge is 0.493 e. The quantitative estimate of drug-likeness (QED) is 0.778. The molecule has 0 radical (unpaired) electrons. The first-order valence-corrected chi connectivity index (χ1v) is 5.26. The van der Waals surface area contributed by atoms with Gasteiger partial charge >= 0.3 is 0 Å². The molecule has 3 heteroatoms. The Morgan fingerprint density at radius 2 is 2.13 bits per heavy atom. The summed E-state index contributed by atoms with van der Waals surface area (Å²) < 4.78 is 5.49. The molecular formula is C12H19NO2. The van der Waals surface area contributed by atoms with Gasteiger partial charge in [-0.05, 0) is 31.5 Å². The van der Waals surface area contributed by atoms with Gasteiger partial charge in [0.05, 0.1) is 12.7 Å². The van der Waals surface area contributed by atoms with E-state index in [4.69, 9.17) is 15.6 Å². The van der Waals surface area contributed by atoms with Gasteiger partial charge in [0.1, 0.15) is 5.75 Å². The molecule has 0 fully saturated rings. The van der Waals surface area contributed by atoms with Crippen molar-refractivity contribution in [3.05, 3.63) is 29.8 Å². The Kier molecular flexibility index (Phi) is 4.59. The van der Waals surface area contributed by atoms with Crippen molar-refractivity contribution >= 4 is 0 Å². The van der Waals surface area contributed by atoms with Crippen molar-refractivity contribution < 1.29 is 9.84 Å². The van der Waals surface area contributed by atoms with Crippen LogP contribution in [0.2, 0.25) is 0 Å². The Balaban J connectivity index is 2.50. The maximum Gasteiger partial charge on any atom is 0.119 e. The number of aliphatic hydroxyl groups is 1. The molecule has 0 spiro atoms. The second-order valence-corrected chi connectivity index (χ2v) is 3.85. The van der Waals surface area contributed by atoms with Crippen LogP contribution in [0.15, 0.2) is 24.3 Å². The summed E-state index contributed by atoms with van der Waals surface area (Å²) in [5.74, 6) is 0.811. The van der Waals surface area contributed by atoms with Crippen molar-refractivity contribution in [1.82, 2.24) is 0 Å². The molecule has 1 aromatic carbocycles. The fraction of sp³-hybridized carbons (Fsp3) is 0.500. The van der Waals surface area contributed by atoms with E-state index in [1.807, 2.05) is 31.2 Å². The van der Waals surface area contributed by atoms with Gasteiger partial charge in [0.15, 0.2) is 0 Å². The summed E-state index contributed by atoms with van der Waals surface area (Å²) in [4.78, 5) is 0. The molecule has 3 N–H and O–H groups in total. The van der Waals surface area contributed by atoms with E-state index in [-0.39, 0.29) is 12.1 Å². The molecule has 0 heterocycles. The van der Waals surface area contributed by atoms with Crippen LogP contribution in [0.5, 0.6) is 5.75 Å². The van der Waals surface area contributed by atoms with Gasteiger partial charge < -0.3 is 15.6 Å². The summed E-state index contributed by atoms with van der Waals surface area (Å²) in [7, 11) is 0. The molecule has 1 unspecified atom stereocenters. The average Bonchev–Trinajstić information content (AvgIpc) is 2.17. The molecule has 1 rings (SSSR count). The molecule has 84 valence electrons. The monoisotopic (exact) mass is 209 g/mol. The second kappa shape index (κ2) is 5.73. The van der Waals surface area contributed by atoms with Crippen LogP contribution in [0, 0.1) is 0 Å². The molecule has 0 aromatic heterocycles. The highest BCUT2D eigenvalue weighted by atomic mass is 16.5. The first-order valence-electron chi connectivity index (χ1n) is 5.26. The lowest BCUT2D eigenvalue weighted by Crippen LogP contribution is -2.08. The Morgan fingerprint density at radius 1 is 1.40 bits per heavy atom. The molecule has 0 saturated heterocycles. The average molecular weight is 209 g/mol. The van der Waals surface area contributed by atoms with Gasteiger partial charge in [-0.15, -0.1) is 0 Å². The summed E-state index contributed by atoms with van der Waals surface area (Å²) in [5, 5.41) is 9.07. The van der Waals surface area contributed by atoms with Gasteiger partial charge in [-0.1, -0.05) is 12.1 Å². The van der Waals surface area contributed by atoms with Crippen molar-refractivity contribution in [3.8, 4) is 5.75 Å². The van der Waals surface area contributed by atoms with Crippen LogP contribution < -0.4 is 10.5 Å². The summed E-state index contributed by atoms with van der Waals surface area (Å²) in [6, 6.07) is 7.76. The highest BCUT2D eigenvalue weighted by molar-refractivity contribution is 5.30. The van der Waals surface area contributed by atoms with Gasteiger partial charge in [0.2, 0.25) is 0 Å². The highest BCUT2D eigenvalue weighted by Crippen LogP contribution is 2.17. The lowest BCUT2D eigenvalue weighted by atomic mass is 10.1.